The van der Waals surface area contributed by atoms with Gasteiger partial charge in [-0.3, -0.25) is 9.36 Å². The maximum atomic E-state index is 11.8. The van der Waals surface area contributed by atoms with E-state index in [0.717, 1.165) is 11.3 Å². The van der Waals surface area contributed by atoms with E-state index in [1.54, 1.807) is 19.9 Å². The third-order valence-corrected chi connectivity index (χ3v) is 3.33. The van der Waals surface area contributed by atoms with Gasteiger partial charge in [0.15, 0.2) is 5.57 Å². The molecule has 0 aliphatic heterocycles. The zero-order chi connectivity index (χ0) is 13.7. The maximum Gasteiger partial charge on any atom is 0.351 e. The number of hydrogen-bond acceptors (Lipinski definition) is 6. The molecule has 7 heteroatoms. The lowest BCUT2D eigenvalue weighted by Crippen LogP contribution is -2.32. The first-order valence-electron chi connectivity index (χ1n) is 5.33. The Balaban J connectivity index is 3.71. The smallest absolute Gasteiger partial charge is 0.351 e. The Morgan fingerprint density at radius 1 is 1.61 bits per heavy atom. The van der Waals surface area contributed by atoms with Gasteiger partial charge in [0, 0.05) is 12.7 Å². The minimum atomic E-state index is -0.730. The van der Waals surface area contributed by atoms with Crippen molar-refractivity contribution in [1.82, 2.24) is 4.57 Å². The molecule has 0 aliphatic rings. The summed E-state index contributed by atoms with van der Waals surface area (Å²) in [5.41, 5.74) is 4.85. The minimum absolute atomic E-state index is 0.168. The Hall–Kier alpha value is -2.07. The van der Waals surface area contributed by atoms with Crippen LogP contribution in [0.2, 0.25) is 0 Å². The van der Waals surface area contributed by atoms with E-state index in [0.29, 0.717) is 11.1 Å². The lowest BCUT2D eigenvalue weighted by Gasteiger charge is -2.00. The fourth-order valence-electron chi connectivity index (χ4n) is 1.39. The van der Waals surface area contributed by atoms with Crippen molar-refractivity contribution in [3.63, 3.8) is 0 Å². The molecule has 0 saturated heterocycles. The van der Waals surface area contributed by atoms with Gasteiger partial charge in [0.1, 0.15) is 15.3 Å². The third-order valence-electron chi connectivity index (χ3n) is 2.18. The average Bonchev–Trinajstić information content (AvgIpc) is 2.67. The van der Waals surface area contributed by atoms with Crippen LogP contribution in [-0.2, 0) is 16.1 Å². The molecule has 0 radical (unpaired) electrons. The first kappa shape index (κ1) is 14.0. The molecular formula is C11H13N3O3S. The van der Waals surface area contributed by atoms with Crippen LogP contribution in [0.1, 0.15) is 13.8 Å². The van der Waals surface area contributed by atoms with E-state index >= 15 is 0 Å². The Labute approximate surface area is 107 Å². The van der Waals surface area contributed by atoms with Gasteiger partial charge in [-0.25, -0.2) is 4.79 Å². The molecule has 0 saturated carbocycles. The molecule has 0 unspecified atom stereocenters. The molecule has 6 nitrogen and oxygen atoms in total. The number of nitrogens with zero attached hydrogens (tertiary/aromatic N) is 2. The van der Waals surface area contributed by atoms with Gasteiger partial charge in [-0.05, 0) is 13.8 Å². The Bertz CT molecular complexity index is 663. The highest BCUT2D eigenvalue weighted by Gasteiger charge is 2.15. The number of hydrogen-bond donors (Lipinski definition) is 1. The number of nitriles is 1. The largest absolute Gasteiger partial charge is 0.462 e. The highest BCUT2D eigenvalue weighted by atomic mass is 32.1. The van der Waals surface area contributed by atoms with Gasteiger partial charge in [-0.1, -0.05) is 0 Å². The maximum absolute atomic E-state index is 11.8. The highest BCUT2D eigenvalue weighted by Crippen LogP contribution is 1.96. The quantitative estimate of drug-likeness (QED) is 0.698. The number of thiazole rings is 1. The zero-order valence-corrected chi connectivity index (χ0v) is 10.9. The number of carbonyl (C=O) groups excluding carboxylic acids is 1. The summed E-state index contributed by atoms with van der Waals surface area (Å²) in [6, 6.07) is 1.78. The number of nitrogens with two attached hydrogens (primary N) is 1. The third kappa shape index (κ3) is 2.43. The second-order valence-electron chi connectivity index (χ2n) is 3.19. The van der Waals surface area contributed by atoms with Gasteiger partial charge in [0.25, 0.3) is 5.56 Å². The molecule has 1 aromatic heterocycles. The number of aromatic nitrogens is 1. The van der Waals surface area contributed by atoms with Gasteiger partial charge >= 0.3 is 5.97 Å². The van der Waals surface area contributed by atoms with Crippen molar-refractivity contribution in [2.45, 2.75) is 20.4 Å². The number of ether oxygens (including phenoxy) is 1. The van der Waals surface area contributed by atoms with Crippen LogP contribution in [0.25, 0.3) is 11.8 Å². The van der Waals surface area contributed by atoms with Crippen LogP contribution in [0.4, 0.5) is 0 Å². The van der Waals surface area contributed by atoms with E-state index in [4.69, 9.17) is 15.7 Å². The number of esters is 1. The molecule has 0 atom stereocenters. The summed E-state index contributed by atoms with van der Waals surface area (Å²) >= 11 is 1.01. The molecule has 0 aromatic carbocycles. The lowest BCUT2D eigenvalue weighted by atomic mass is 10.3. The molecule has 0 fully saturated rings. The molecule has 0 aliphatic carbocycles. The van der Waals surface area contributed by atoms with Crippen LogP contribution in [0.3, 0.4) is 0 Å². The summed E-state index contributed by atoms with van der Waals surface area (Å²) in [7, 11) is 0. The molecule has 96 valence electrons. The van der Waals surface area contributed by atoms with Gasteiger partial charge < -0.3 is 10.5 Å². The molecule has 1 rings (SSSR count). The van der Waals surface area contributed by atoms with Crippen molar-refractivity contribution in [2.24, 2.45) is 5.73 Å². The van der Waals surface area contributed by atoms with E-state index in [2.05, 4.69) is 0 Å². The van der Waals surface area contributed by atoms with Gasteiger partial charge in [0.05, 0.1) is 6.61 Å². The predicted molar refractivity (Wildman–Crippen MR) is 67.8 cm³/mol. The molecule has 2 N–H and O–H groups in total. The Morgan fingerprint density at radius 3 is 2.72 bits per heavy atom. The van der Waals surface area contributed by atoms with Crippen molar-refractivity contribution in [3.8, 4) is 6.07 Å². The van der Waals surface area contributed by atoms with Crippen LogP contribution in [0.5, 0.6) is 0 Å². The van der Waals surface area contributed by atoms with Crippen molar-refractivity contribution in [3.05, 3.63) is 19.5 Å². The van der Waals surface area contributed by atoms with Crippen molar-refractivity contribution in [2.75, 3.05) is 6.61 Å². The topological polar surface area (TPSA) is 98.1 Å². The second-order valence-corrected chi connectivity index (χ2v) is 4.23. The van der Waals surface area contributed by atoms with E-state index in [-0.39, 0.29) is 22.4 Å². The normalized spacial score (nSPS) is 13.1. The Kier molecular flexibility index (Phi) is 4.68. The molecular weight excluding hydrogens is 254 g/mol. The van der Waals surface area contributed by atoms with E-state index in [9.17, 15) is 9.59 Å². The highest BCUT2D eigenvalue weighted by molar-refractivity contribution is 7.07. The zero-order valence-electron chi connectivity index (χ0n) is 10.1. The van der Waals surface area contributed by atoms with Crippen molar-refractivity contribution >= 4 is 29.1 Å². The predicted octanol–water partition coefficient (Wildman–Crippen LogP) is -1.14. The molecule has 1 aromatic rings. The van der Waals surface area contributed by atoms with E-state index in [1.807, 2.05) is 0 Å². The fourth-order valence-corrected chi connectivity index (χ4v) is 2.42. The van der Waals surface area contributed by atoms with E-state index in [1.165, 1.54) is 10.8 Å². The number of rotatable bonds is 3. The standard InChI is InChI=1S/C11H13N3O3S/c1-3-14-9(15)8(6-13)18-10(14)7(5-12)11(16)17-4-2/h6H,3-4,13H2,1-2H3/b8-6-,10-7-. The van der Waals surface area contributed by atoms with Gasteiger partial charge in [-0.2, -0.15) is 5.26 Å². The summed E-state index contributed by atoms with van der Waals surface area (Å²) in [6.45, 7) is 3.91. The van der Waals surface area contributed by atoms with Gasteiger partial charge in [-0.15, -0.1) is 11.3 Å². The molecule has 0 amide bonds. The van der Waals surface area contributed by atoms with Crippen LogP contribution >= 0.6 is 11.3 Å². The average molecular weight is 267 g/mol. The van der Waals surface area contributed by atoms with Crippen molar-refractivity contribution < 1.29 is 9.53 Å². The van der Waals surface area contributed by atoms with E-state index < -0.39 is 5.97 Å². The summed E-state index contributed by atoms with van der Waals surface area (Å²) in [4.78, 5) is 23.5. The minimum Gasteiger partial charge on any atom is -0.462 e. The molecule has 0 spiro atoms. The summed E-state index contributed by atoms with van der Waals surface area (Å²) in [5, 5.41) is 9.03. The first-order valence-corrected chi connectivity index (χ1v) is 6.15. The summed E-state index contributed by atoms with van der Waals surface area (Å²) in [6.07, 6.45) is 1.17. The first-order chi connectivity index (χ1) is 8.60. The summed E-state index contributed by atoms with van der Waals surface area (Å²) in [5.74, 6) is -0.730. The second kappa shape index (κ2) is 6.02. The van der Waals surface area contributed by atoms with Crippen LogP contribution in [0, 0.1) is 11.3 Å². The molecule has 0 bridgehead atoms. The van der Waals surface area contributed by atoms with Crippen LogP contribution < -0.4 is 20.5 Å². The number of carbonyl (C=O) groups is 1. The fraction of sp³-hybridized carbons (Fsp3) is 0.364. The molecule has 1 heterocycles. The van der Waals surface area contributed by atoms with Crippen LogP contribution in [-0.4, -0.2) is 17.1 Å². The van der Waals surface area contributed by atoms with Crippen LogP contribution in [0.15, 0.2) is 4.79 Å². The summed E-state index contributed by atoms with van der Waals surface area (Å²) < 4.78 is 6.69. The monoisotopic (exact) mass is 267 g/mol. The lowest BCUT2D eigenvalue weighted by molar-refractivity contribution is -0.136. The molecule has 18 heavy (non-hydrogen) atoms. The SMILES string of the molecule is CCOC(=O)/C(C#N)=c1\s/c(=C\N)c(=O)n1CC. The van der Waals surface area contributed by atoms with Crippen molar-refractivity contribution in [1.29, 1.82) is 5.26 Å². The Morgan fingerprint density at radius 2 is 2.28 bits per heavy atom. The van der Waals surface area contributed by atoms with Gasteiger partial charge in [0.2, 0.25) is 0 Å².